The van der Waals surface area contributed by atoms with Gasteiger partial charge in [-0.3, -0.25) is 4.79 Å². The summed E-state index contributed by atoms with van der Waals surface area (Å²) < 4.78 is 33.5. The molecule has 0 heterocycles. The number of esters is 1. The van der Waals surface area contributed by atoms with Crippen molar-refractivity contribution in [1.82, 2.24) is 5.32 Å². The third-order valence-corrected chi connectivity index (χ3v) is 6.79. The van der Waals surface area contributed by atoms with Gasteiger partial charge in [0.05, 0.1) is 11.0 Å². The number of aryl methyl sites for hydroxylation is 1. The van der Waals surface area contributed by atoms with Crippen LogP contribution in [0.4, 0.5) is 0 Å². The van der Waals surface area contributed by atoms with Crippen molar-refractivity contribution in [1.29, 1.82) is 0 Å². The first kappa shape index (κ1) is 30.7. The molecule has 37 heavy (non-hydrogen) atoms. The smallest absolute Gasteiger partial charge is 0.302 e. The number of sulfonamides is 1. The number of hydrogen-bond acceptors (Lipinski definition) is 8. The van der Waals surface area contributed by atoms with E-state index >= 15 is 0 Å². The molecule has 0 aromatic heterocycles. The van der Waals surface area contributed by atoms with Crippen molar-refractivity contribution in [3.8, 4) is 5.75 Å². The van der Waals surface area contributed by atoms with Gasteiger partial charge in [0, 0.05) is 32.2 Å². The van der Waals surface area contributed by atoms with Crippen molar-refractivity contribution >= 4 is 16.0 Å². The molecule has 5 N–H and O–H groups in total. The van der Waals surface area contributed by atoms with E-state index in [1.54, 1.807) is 24.3 Å². The van der Waals surface area contributed by atoms with Gasteiger partial charge in [-0.15, -0.1) is 0 Å². The van der Waals surface area contributed by atoms with Gasteiger partial charge in [-0.2, -0.15) is 0 Å². The average molecular weight is 537 g/mol. The zero-order valence-electron chi connectivity index (χ0n) is 21.5. The summed E-state index contributed by atoms with van der Waals surface area (Å²) in [5.74, 6) is -0.399. The Morgan fingerprint density at radius 3 is 2.49 bits per heavy atom. The Balaban J connectivity index is 1.47. The third kappa shape index (κ3) is 12.5. The molecule has 9 nitrogen and oxygen atoms in total. The lowest BCUT2D eigenvalue weighted by atomic mass is 10.1. The molecule has 0 aliphatic heterocycles. The van der Waals surface area contributed by atoms with Gasteiger partial charge in [0.15, 0.2) is 0 Å². The van der Waals surface area contributed by atoms with Gasteiger partial charge in [-0.25, -0.2) is 13.6 Å². The van der Waals surface area contributed by atoms with Crippen molar-refractivity contribution in [2.45, 2.75) is 69.5 Å². The second-order valence-corrected chi connectivity index (χ2v) is 10.6. The van der Waals surface area contributed by atoms with E-state index in [2.05, 4.69) is 5.32 Å². The number of nitrogens with two attached hydrogens (primary N) is 1. The first-order valence-corrected chi connectivity index (χ1v) is 14.2. The molecular weight excluding hydrogens is 496 g/mol. The van der Waals surface area contributed by atoms with Crippen LogP contribution in [-0.4, -0.2) is 50.9 Å². The topological polar surface area (TPSA) is 148 Å². The molecule has 2 aromatic rings. The highest BCUT2D eigenvalue weighted by Gasteiger charge is 2.11. The Hall–Kier alpha value is -2.50. The number of hydrogen-bond donors (Lipinski definition) is 4. The molecule has 206 valence electrons. The van der Waals surface area contributed by atoms with Crippen LogP contribution in [0.15, 0.2) is 47.4 Å². The molecule has 0 amide bonds. The van der Waals surface area contributed by atoms with Gasteiger partial charge in [-0.1, -0.05) is 31.0 Å². The summed E-state index contributed by atoms with van der Waals surface area (Å²) in [6.45, 7) is 3.88. The summed E-state index contributed by atoms with van der Waals surface area (Å²) >= 11 is 0. The monoisotopic (exact) mass is 536 g/mol. The van der Waals surface area contributed by atoms with Crippen LogP contribution in [-0.2, 0) is 37.3 Å². The van der Waals surface area contributed by atoms with Crippen molar-refractivity contribution in [3.05, 3.63) is 59.2 Å². The number of benzene rings is 2. The van der Waals surface area contributed by atoms with Gasteiger partial charge in [0.2, 0.25) is 10.0 Å². The molecule has 0 aliphatic rings. The first-order chi connectivity index (χ1) is 17.7. The maximum atomic E-state index is 11.4. The number of aliphatic hydroxyl groups excluding tert-OH is 1. The van der Waals surface area contributed by atoms with Crippen LogP contribution in [0.1, 0.15) is 68.2 Å². The Morgan fingerprint density at radius 1 is 1.03 bits per heavy atom. The summed E-state index contributed by atoms with van der Waals surface area (Å²) in [4.78, 5) is 11.1. The molecule has 10 heteroatoms. The fourth-order valence-corrected chi connectivity index (χ4v) is 4.37. The summed E-state index contributed by atoms with van der Waals surface area (Å²) in [5, 5.41) is 28.7. The minimum atomic E-state index is -3.66. The van der Waals surface area contributed by atoms with E-state index in [4.69, 9.17) is 14.6 Å². The van der Waals surface area contributed by atoms with Crippen molar-refractivity contribution in [2.75, 3.05) is 26.3 Å². The third-order valence-electron chi connectivity index (χ3n) is 5.88. The Kier molecular flexibility index (Phi) is 13.6. The zero-order valence-corrected chi connectivity index (χ0v) is 22.3. The molecule has 0 spiro atoms. The van der Waals surface area contributed by atoms with Gasteiger partial charge in [0.25, 0.3) is 0 Å². The number of rotatable bonds is 18. The fraction of sp³-hybridized carbons (Fsp3) is 0.519. The number of ether oxygens (including phenoxy) is 2. The number of aromatic hydroxyl groups is 1. The maximum absolute atomic E-state index is 11.4. The van der Waals surface area contributed by atoms with Crippen molar-refractivity contribution in [2.24, 2.45) is 5.14 Å². The lowest BCUT2D eigenvalue weighted by Gasteiger charge is -2.14. The summed E-state index contributed by atoms with van der Waals surface area (Å²) in [6.07, 6.45) is 6.04. The van der Waals surface area contributed by atoms with E-state index in [0.29, 0.717) is 24.3 Å². The second-order valence-electron chi connectivity index (χ2n) is 9.06. The fourth-order valence-electron chi connectivity index (χ4n) is 3.79. The van der Waals surface area contributed by atoms with Crippen LogP contribution in [0.25, 0.3) is 0 Å². The highest BCUT2D eigenvalue weighted by molar-refractivity contribution is 7.89. The number of phenols is 1. The van der Waals surface area contributed by atoms with E-state index in [1.807, 2.05) is 6.07 Å². The molecule has 0 fully saturated rings. The number of aliphatic hydroxyl groups is 1. The number of carbonyl (C=O) groups is 1. The zero-order chi connectivity index (χ0) is 27.1. The quantitative estimate of drug-likeness (QED) is 0.167. The molecule has 0 bridgehead atoms. The van der Waals surface area contributed by atoms with E-state index in [0.717, 1.165) is 63.7 Å². The minimum Gasteiger partial charge on any atom is -0.508 e. The SMILES string of the molecule is CC(=O)OCc1cc([C@@H](O)CNCCCCCCOCCCCc2cccc(S(N)(=O)=O)c2)ccc1O. The Bertz CT molecular complexity index is 1080. The van der Waals surface area contributed by atoms with E-state index < -0.39 is 22.1 Å². The standard InChI is InChI=1S/C27H40N2O7S/c1-21(30)36-20-24-18-23(12-13-26(24)31)27(32)19-29-14-5-2-3-6-15-35-16-7-4-9-22-10-8-11-25(17-22)37(28,33)34/h8,10-13,17-18,27,29,31-32H,2-7,9,14-16,19-20H2,1H3,(H2,28,33,34)/t27-/m0/s1. The van der Waals surface area contributed by atoms with Crippen LogP contribution in [0.3, 0.4) is 0 Å². The molecule has 0 saturated carbocycles. The van der Waals surface area contributed by atoms with Crippen LogP contribution in [0.2, 0.25) is 0 Å². The van der Waals surface area contributed by atoms with Crippen LogP contribution in [0, 0.1) is 0 Å². The molecule has 2 rings (SSSR count). The highest BCUT2D eigenvalue weighted by atomic mass is 32.2. The molecule has 0 aliphatic carbocycles. The van der Waals surface area contributed by atoms with Gasteiger partial charge in [0.1, 0.15) is 12.4 Å². The normalized spacial score (nSPS) is 12.4. The summed E-state index contributed by atoms with van der Waals surface area (Å²) in [7, 11) is -3.66. The first-order valence-electron chi connectivity index (χ1n) is 12.7. The molecular formula is C27H40N2O7S. The Morgan fingerprint density at radius 2 is 1.76 bits per heavy atom. The lowest BCUT2D eigenvalue weighted by molar-refractivity contribution is -0.142. The van der Waals surface area contributed by atoms with E-state index in [-0.39, 0.29) is 17.3 Å². The Labute approximate surface area is 220 Å². The maximum Gasteiger partial charge on any atom is 0.302 e. The predicted octanol–water partition coefficient (Wildman–Crippen LogP) is 3.33. The molecule has 0 radical (unpaired) electrons. The summed E-state index contributed by atoms with van der Waals surface area (Å²) in [6, 6.07) is 11.6. The predicted molar refractivity (Wildman–Crippen MR) is 141 cm³/mol. The lowest BCUT2D eigenvalue weighted by Crippen LogP contribution is -2.22. The van der Waals surface area contributed by atoms with Crippen LogP contribution < -0.4 is 10.5 Å². The van der Waals surface area contributed by atoms with Crippen LogP contribution in [0.5, 0.6) is 5.75 Å². The number of nitrogens with one attached hydrogen (secondary N) is 1. The highest BCUT2D eigenvalue weighted by Crippen LogP contribution is 2.23. The van der Waals surface area contributed by atoms with E-state index in [9.17, 15) is 23.4 Å². The molecule has 0 unspecified atom stereocenters. The van der Waals surface area contributed by atoms with Crippen LogP contribution >= 0.6 is 0 Å². The van der Waals surface area contributed by atoms with Crippen molar-refractivity contribution in [3.63, 3.8) is 0 Å². The number of carbonyl (C=O) groups excluding carboxylic acids is 1. The second kappa shape index (κ2) is 16.4. The number of unbranched alkanes of at least 4 members (excludes halogenated alkanes) is 4. The van der Waals surface area contributed by atoms with E-state index in [1.165, 1.54) is 19.1 Å². The molecule has 2 aromatic carbocycles. The summed E-state index contributed by atoms with van der Waals surface area (Å²) in [5.41, 5.74) is 2.07. The molecule has 0 saturated heterocycles. The largest absolute Gasteiger partial charge is 0.508 e. The van der Waals surface area contributed by atoms with Gasteiger partial charge < -0.3 is 25.0 Å². The van der Waals surface area contributed by atoms with Gasteiger partial charge in [-0.05, 0) is 74.0 Å². The number of phenolic OH excluding ortho intramolecular Hbond substituents is 1. The molecule has 1 atom stereocenters. The number of primary sulfonamides is 1. The minimum absolute atomic E-state index is 0.0299. The van der Waals surface area contributed by atoms with Gasteiger partial charge >= 0.3 is 5.97 Å². The average Bonchev–Trinajstić information content (AvgIpc) is 2.85. The van der Waals surface area contributed by atoms with Crippen molar-refractivity contribution < 1.29 is 32.9 Å².